The lowest BCUT2D eigenvalue weighted by molar-refractivity contribution is -0.129. The first kappa shape index (κ1) is 19.0. The molecule has 0 aromatic heterocycles. The fourth-order valence-electron chi connectivity index (χ4n) is 2.36. The van der Waals surface area contributed by atoms with E-state index in [1.54, 1.807) is 24.3 Å². The van der Waals surface area contributed by atoms with Gasteiger partial charge in [0.2, 0.25) is 5.90 Å². The first-order chi connectivity index (χ1) is 13.0. The molecular formula is C20H16ClF2NO3. The molecule has 0 saturated carbocycles. The summed E-state index contributed by atoms with van der Waals surface area (Å²) < 4.78 is 37.3. The van der Waals surface area contributed by atoms with Crippen molar-refractivity contribution in [2.45, 2.75) is 19.8 Å². The molecule has 140 valence electrons. The Labute approximate surface area is 160 Å². The quantitative estimate of drug-likeness (QED) is 0.296. The molecule has 0 N–H and O–H groups in total. The van der Waals surface area contributed by atoms with Crippen LogP contribution in [-0.2, 0) is 9.53 Å². The van der Waals surface area contributed by atoms with E-state index in [4.69, 9.17) is 21.1 Å². The zero-order chi connectivity index (χ0) is 19.4. The Balaban J connectivity index is 1.81. The largest absolute Gasteiger partial charge is 0.494 e. The molecule has 0 amide bonds. The second-order valence-corrected chi connectivity index (χ2v) is 6.26. The van der Waals surface area contributed by atoms with Crippen molar-refractivity contribution in [3.8, 4) is 5.75 Å². The van der Waals surface area contributed by atoms with E-state index in [-0.39, 0.29) is 22.2 Å². The van der Waals surface area contributed by atoms with Crippen LogP contribution in [0.5, 0.6) is 5.75 Å². The predicted molar refractivity (Wildman–Crippen MR) is 98.8 cm³/mol. The van der Waals surface area contributed by atoms with Crippen LogP contribution in [0.25, 0.3) is 6.08 Å². The second kappa shape index (κ2) is 8.31. The summed E-state index contributed by atoms with van der Waals surface area (Å²) in [6, 6.07) is 8.79. The molecule has 0 fully saturated rings. The van der Waals surface area contributed by atoms with Crippen LogP contribution in [0.4, 0.5) is 8.78 Å². The van der Waals surface area contributed by atoms with Crippen molar-refractivity contribution in [2.24, 2.45) is 4.99 Å². The van der Waals surface area contributed by atoms with Crippen LogP contribution >= 0.6 is 11.6 Å². The molecule has 0 bridgehead atoms. The minimum absolute atomic E-state index is 0.00647. The predicted octanol–water partition coefficient (Wildman–Crippen LogP) is 5.14. The number of carbonyl (C=O) groups excluding carboxylic acids is 1. The third-order valence-electron chi connectivity index (χ3n) is 3.81. The molecule has 0 atom stereocenters. The highest BCUT2D eigenvalue weighted by atomic mass is 35.5. The van der Waals surface area contributed by atoms with E-state index in [9.17, 15) is 13.6 Å². The molecule has 0 radical (unpaired) electrons. The van der Waals surface area contributed by atoms with E-state index in [2.05, 4.69) is 11.9 Å². The number of aliphatic imine (C=N–C) groups is 1. The summed E-state index contributed by atoms with van der Waals surface area (Å²) in [5, 5.41) is -0.102. The number of nitrogens with zero attached hydrogens (tertiary/aromatic N) is 1. The number of ether oxygens (including phenoxy) is 2. The number of carbonyl (C=O) groups is 1. The van der Waals surface area contributed by atoms with Gasteiger partial charge in [0.1, 0.15) is 5.75 Å². The number of halogens is 3. The lowest BCUT2D eigenvalue weighted by atomic mass is 10.2. The minimum atomic E-state index is -1.11. The summed E-state index contributed by atoms with van der Waals surface area (Å²) in [6.45, 7) is 2.73. The Morgan fingerprint density at radius 1 is 1.19 bits per heavy atom. The monoisotopic (exact) mass is 391 g/mol. The van der Waals surface area contributed by atoms with Gasteiger partial charge in [-0.05, 0) is 42.3 Å². The maximum absolute atomic E-state index is 13.4. The average Bonchev–Trinajstić information content (AvgIpc) is 3.00. The maximum atomic E-state index is 13.4. The normalized spacial score (nSPS) is 15.0. The lowest BCUT2D eigenvalue weighted by Gasteiger charge is -2.05. The molecule has 2 aromatic carbocycles. The molecule has 1 aliphatic rings. The topological polar surface area (TPSA) is 47.9 Å². The number of hydrogen-bond acceptors (Lipinski definition) is 4. The summed E-state index contributed by atoms with van der Waals surface area (Å²) in [5.41, 5.74) is 0.753. The molecule has 0 unspecified atom stereocenters. The van der Waals surface area contributed by atoms with Gasteiger partial charge in [-0.1, -0.05) is 37.1 Å². The van der Waals surface area contributed by atoms with Crippen LogP contribution in [0.15, 0.2) is 47.1 Å². The molecule has 0 saturated heterocycles. The van der Waals surface area contributed by atoms with Gasteiger partial charge in [-0.3, -0.25) is 0 Å². The number of benzene rings is 2. The summed E-state index contributed by atoms with van der Waals surface area (Å²) in [6.07, 6.45) is 3.55. The van der Waals surface area contributed by atoms with E-state index in [0.29, 0.717) is 12.2 Å². The summed E-state index contributed by atoms with van der Waals surface area (Å²) in [5.74, 6) is -2.34. The lowest BCUT2D eigenvalue weighted by Crippen LogP contribution is -2.07. The van der Waals surface area contributed by atoms with Gasteiger partial charge in [0.25, 0.3) is 0 Å². The fourth-order valence-corrected chi connectivity index (χ4v) is 2.59. The average molecular weight is 392 g/mol. The molecule has 1 aliphatic heterocycles. The Morgan fingerprint density at radius 3 is 2.59 bits per heavy atom. The molecular weight excluding hydrogens is 376 g/mol. The van der Waals surface area contributed by atoms with Gasteiger partial charge in [-0.15, -0.1) is 0 Å². The smallest absolute Gasteiger partial charge is 0.363 e. The molecule has 0 spiro atoms. The van der Waals surface area contributed by atoms with Gasteiger partial charge < -0.3 is 9.47 Å². The van der Waals surface area contributed by atoms with Crippen molar-refractivity contribution in [1.29, 1.82) is 0 Å². The molecule has 7 heteroatoms. The first-order valence-corrected chi connectivity index (χ1v) is 8.76. The van der Waals surface area contributed by atoms with Crippen molar-refractivity contribution < 1.29 is 23.0 Å². The number of rotatable bonds is 6. The number of esters is 1. The van der Waals surface area contributed by atoms with Gasteiger partial charge >= 0.3 is 5.97 Å². The van der Waals surface area contributed by atoms with Gasteiger partial charge in [-0.2, -0.15) is 0 Å². The first-order valence-electron chi connectivity index (χ1n) is 8.38. The van der Waals surface area contributed by atoms with Gasteiger partial charge in [0, 0.05) is 0 Å². The molecule has 3 rings (SSSR count). The standard InChI is InChI=1S/C20H16ClF2NO3/c1-2-3-8-26-13-6-4-12(5-7-13)9-18-20(25)27-19(24-18)14-10-16(22)17(23)11-15(14)21/h4-7,9-11H,2-3,8H2,1H3/b18-9+. The molecule has 4 nitrogen and oxygen atoms in total. The molecule has 0 aliphatic carbocycles. The van der Waals surface area contributed by atoms with Crippen LogP contribution < -0.4 is 4.74 Å². The van der Waals surface area contributed by atoms with Gasteiger partial charge in [-0.25, -0.2) is 18.6 Å². The van der Waals surface area contributed by atoms with E-state index < -0.39 is 17.6 Å². The second-order valence-electron chi connectivity index (χ2n) is 5.85. The molecule has 2 aromatic rings. The van der Waals surface area contributed by atoms with Crippen LogP contribution in [0, 0.1) is 11.6 Å². The molecule has 1 heterocycles. The van der Waals surface area contributed by atoms with Crippen molar-refractivity contribution in [3.05, 3.63) is 69.9 Å². The Kier molecular flexibility index (Phi) is 5.86. The van der Waals surface area contributed by atoms with E-state index in [1.807, 2.05) is 0 Å². The Hall–Kier alpha value is -2.73. The van der Waals surface area contributed by atoms with Crippen LogP contribution in [0.1, 0.15) is 30.9 Å². The van der Waals surface area contributed by atoms with Crippen LogP contribution in [-0.4, -0.2) is 18.5 Å². The summed E-state index contributed by atoms with van der Waals surface area (Å²) in [7, 11) is 0. The summed E-state index contributed by atoms with van der Waals surface area (Å²) in [4.78, 5) is 16.1. The zero-order valence-electron chi connectivity index (χ0n) is 14.5. The van der Waals surface area contributed by atoms with Crippen LogP contribution in [0.2, 0.25) is 5.02 Å². The summed E-state index contributed by atoms with van der Waals surface area (Å²) >= 11 is 5.89. The highest BCUT2D eigenvalue weighted by Gasteiger charge is 2.26. The van der Waals surface area contributed by atoms with E-state index >= 15 is 0 Å². The SMILES string of the molecule is CCCCOc1ccc(/C=C2/N=C(c3cc(F)c(F)cc3Cl)OC2=O)cc1. The number of hydrogen-bond donors (Lipinski definition) is 0. The number of cyclic esters (lactones) is 1. The van der Waals surface area contributed by atoms with Crippen molar-refractivity contribution in [1.82, 2.24) is 0 Å². The van der Waals surface area contributed by atoms with Crippen molar-refractivity contribution in [2.75, 3.05) is 6.61 Å². The highest BCUT2D eigenvalue weighted by Crippen LogP contribution is 2.26. The minimum Gasteiger partial charge on any atom is -0.494 e. The zero-order valence-corrected chi connectivity index (χ0v) is 15.2. The van der Waals surface area contributed by atoms with Crippen molar-refractivity contribution in [3.63, 3.8) is 0 Å². The van der Waals surface area contributed by atoms with E-state index in [0.717, 1.165) is 30.7 Å². The Morgan fingerprint density at radius 2 is 1.89 bits per heavy atom. The third-order valence-corrected chi connectivity index (χ3v) is 4.12. The van der Waals surface area contributed by atoms with Crippen LogP contribution in [0.3, 0.4) is 0 Å². The van der Waals surface area contributed by atoms with Gasteiger partial charge in [0.15, 0.2) is 17.3 Å². The number of unbranched alkanes of at least 4 members (excludes halogenated alkanes) is 1. The fraction of sp³-hybridized carbons (Fsp3) is 0.200. The Bertz CT molecular complexity index is 924. The van der Waals surface area contributed by atoms with Crippen molar-refractivity contribution >= 4 is 29.5 Å². The molecule has 27 heavy (non-hydrogen) atoms. The maximum Gasteiger partial charge on any atom is 0.363 e. The third kappa shape index (κ3) is 4.52. The van der Waals surface area contributed by atoms with E-state index in [1.165, 1.54) is 6.08 Å². The highest BCUT2D eigenvalue weighted by molar-refractivity contribution is 6.34. The van der Waals surface area contributed by atoms with Gasteiger partial charge in [0.05, 0.1) is 17.2 Å².